The van der Waals surface area contributed by atoms with Crippen LogP contribution in [0, 0.1) is 13.8 Å². The van der Waals surface area contributed by atoms with Gasteiger partial charge < -0.3 is 4.74 Å². The van der Waals surface area contributed by atoms with E-state index in [0.29, 0.717) is 12.2 Å². The topological polar surface area (TPSA) is 25.4 Å². The van der Waals surface area contributed by atoms with Crippen LogP contribution in [0.5, 0.6) is 0 Å². The second kappa shape index (κ2) is 8.53. The lowest BCUT2D eigenvalue weighted by molar-refractivity contribution is -0.0706. The van der Waals surface area contributed by atoms with Gasteiger partial charge in [-0.25, -0.2) is 0 Å². The summed E-state index contributed by atoms with van der Waals surface area (Å²) in [5, 5.41) is 0. The van der Waals surface area contributed by atoms with E-state index in [-0.39, 0.29) is 0 Å². The maximum atomic E-state index is 5.89. The number of rotatable bonds is 5. The lowest BCUT2D eigenvalue weighted by Crippen LogP contribution is -2.45. The van der Waals surface area contributed by atoms with Crippen LogP contribution in [0.15, 0.2) is 24.3 Å². The summed E-state index contributed by atoms with van der Waals surface area (Å²) in [5.74, 6) is 0. The molecule has 3 nitrogen and oxygen atoms in total. The van der Waals surface area contributed by atoms with Crippen LogP contribution in [0.3, 0.4) is 0 Å². The number of nitrogens with zero attached hydrogens (tertiary/aromatic N) is 2. The number of aromatic nitrogens is 1. The molecule has 146 valence electrons. The van der Waals surface area contributed by atoms with E-state index < -0.39 is 0 Å². The second-order valence-electron chi connectivity index (χ2n) is 8.00. The van der Waals surface area contributed by atoms with E-state index in [1.165, 1.54) is 27.8 Å². The number of hydrogen-bond donors (Lipinski definition) is 0. The molecule has 0 saturated carbocycles. The van der Waals surface area contributed by atoms with Crippen LogP contribution >= 0.6 is 0 Å². The third-order valence-corrected chi connectivity index (χ3v) is 5.69. The fourth-order valence-corrected chi connectivity index (χ4v) is 4.43. The average Bonchev–Trinajstić information content (AvgIpc) is 2.63. The molecule has 0 bridgehead atoms. The Hall–Kier alpha value is -1.71. The average molecular weight is 367 g/mol. The summed E-state index contributed by atoms with van der Waals surface area (Å²) in [4.78, 5) is 7.57. The summed E-state index contributed by atoms with van der Waals surface area (Å²) in [7, 11) is 0. The fourth-order valence-electron chi connectivity index (χ4n) is 4.43. The van der Waals surface area contributed by atoms with E-state index in [0.717, 1.165) is 43.9 Å². The lowest BCUT2D eigenvalue weighted by Gasteiger charge is -2.35. The molecule has 0 spiro atoms. The van der Waals surface area contributed by atoms with Crippen molar-refractivity contribution in [1.82, 2.24) is 9.88 Å². The third kappa shape index (κ3) is 4.41. The largest absolute Gasteiger partial charge is 0.373 e. The molecule has 0 amide bonds. The van der Waals surface area contributed by atoms with Crippen molar-refractivity contribution in [2.75, 3.05) is 13.1 Å². The number of morpholine rings is 1. The molecule has 1 aromatic heterocycles. The first-order valence-electron chi connectivity index (χ1n) is 10.4. The Morgan fingerprint density at radius 3 is 2.15 bits per heavy atom. The van der Waals surface area contributed by atoms with Crippen LogP contribution in [0.4, 0.5) is 0 Å². The number of aryl methyl sites for hydroxylation is 4. The van der Waals surface area contributed by atoms with Crippen LogP contribution < -0.4 is 0 Å². The van der Waals surface area contributed by atoms with Crippen molar-refractivity contribution in [3.8, 4) is 11.3 Å². The number of ether oxygens (including phenoxy) is 1. The van der Waals surface area contributed by atoms with E-state index in [9.17, 15) is 0 Å². The predicted molar refractivity (Wildman–Crippen MR) is 113 cm³/mol. The maximum Gasteiger partial charge on any atom is 0.0713 e. The highest BCUT2D eigenvalue weighted by Gasteiger charge is 2.23. The van der Waals surface area contributed by atoms with Crippen LogP contribution in [0.25, 0.3) is 11.3 Å². The molecular weight excluding hydrogens is 332 g/mol. The normalized spacial score (nSPS) is 20.8. The Bertz CT molecular complexity index is 744. The summed E-state index contributed by atoms with van der Waals surface area (Å²) < 4.78 is 5.89. The molecule has 1 aliphatic rings. The minimum Gasteiger partial charge on any atom is -0.373 e. The van der Waals surface area contributed by atoms with Gasteiger partial charge in [0.05, 0.1) is 17.9 Å². The molecule has 27 heavy (non-hydrogen) atoms. The van der Waals surface area contributed by atoms with Gasteiger partial charge in [-0.3, -0.25) is 9.88 Å². The van der Waals surface area contributed by atoms with Crippen LogP contribution in [-0.2, 0) is 24.1 Å². The monoisotopic (exact) mass is 366 g/mol. The Morgan fingerprint density at radius 1 is 1.04 bits per heavy atom. The quantitative estimate of drug-likeness (QED) is 0.736. The maximum absolute atomic E-state index is 5.89. The summed E-state index contributed by atoms with van der Waals surface area (Å²) in [5.41, 5.74) is 9.13. The van der Waals surface area contributed by atoms with E-state index >= 15 is 0 Å². The van der Waals surface area contributed by atoms with Gasteiger partial charge in [-0.1, -0.05) is 32.0 Å². The second-order valence-corrected chi connectivity index (χ2v) is 8.00. The molecule has 2 atom stereocenters. The molecular formula is C24H34N2O. The molecule has 2 aromatic rings. The molecule has 0 aliphatic carbocycles. The first-order chi connectivity index (χ1) is 12.9. The third-order valence-electron chi connectivity index (χ3n) is 5.69. The van der Waals surface area contributed by atoms with Crippen molar-refractivity contribution in [2.24, 2.45) is 0 Å². The van der Waals surface area contributed by atoms with Gasteiger partial charge in [-0.15, -0.1) is 0 Å². The Labute approximate surface area is 164 Å². The zero-order chi connectivity index (χ0) is 19.6. The molecule has 0 N–H and O–H groups in total. The molecule has 1 fully saturated rings. The van der Waals surface area contributed by atoms with Crippen LogP contribution in [-0.4, -0.2) is 35.2 Å². The fraction of sp³-hybridized carbons (Fsp3) is 0.542. The van der Waals surface area contributed by atoms with Gasteiger partial charge in [0.1, 0.15) is 0 Å². The minimum atomic E-state index is 0.296. The van der Waals surface area contributed by atoms with Gasteiger partial charge in [-0.2, -0.15) is 0 Å². The summed E-state index contributed by atoms with van der Waals surface area (Å²) >= 11 is 0. The van der Waals surface area contributed by atoms with Crippen molar-refractivity contribution >= 4 is 0 Å². The molecule has 2 heterocycles. The summed E-state index contributed by atoms with van der Waals surface area (Å²) in [6.07, 6.45) is 2.66. The standard InChI is InChI=1S/C24H34N2O/c1-7-20-10-9-11-21(8-2)24(20)23-12-16(3)22(19(6)25-23)15-26-13-17(4)27-18(5)14-26/h9-12,17-18H,7-8,13-15H2,1-6H3/t17-,18-/m1/s1. The van der Waals surface area contributed by atoms with Gasteiger partial charge in [0.15, 0.2) is 0 Å². The Kier molecular flexibility index (Phi) is 6.33. The molecule has 1 saturated heterocycles. The smallest absolute Gasteiger partial charge is 0.0713 e. The number of pyridine rings is 1. The van der Waals surface area contributed by atoms with Crippen molar-refractivity contribution < 1.29 is 4.74 Å². The molecule has 0 radical (unpaired) electrons. The van der Waals surface area contributed by atoms with Crippen molar-refractivity contribution in [3.63, 3.8) is 0 Å². The molecule has 3 rings (SSSR count). The summed E-state index contributed by atoms with van der Waals surface area (Å²) in [6.45, 7) is 16.1. The van der Waals surface area contributed by atoms with Gasteiger partial charge in [-0.05, 0) is 68.9 Å². The highest BCUT2D eigenvalue weighted by Crippen LogP contribution is 2.30. The van der Waals surface area contributed by atoms with Crippen LogP contribution in [0.2, 0.25) is 0 Å². The van der Waals surface area contributed by atoms with E-state index in [1.54, 1.807) is 0 Å². The summed E-state index contributed by atoms with van der Waals surface area (Å²) in [6, 6.07) is 8.95. The van der Waals surface area contributed by atoms with E-state index in [1.807, 2.05) is 0 Å². The highest BCUT2D eigenvalue weighted by atomic mass is 16.5. The van der Waals surface area contributed by atoms with E-state index in [2.05, 4.69) is 70.7 Å². The first kappa shape index (κ1) is 20.0. The first-order valence-corrected chi connectivity index (χ1v) is 10.4. The van der Waals surface area contributed by atoms with Crippen molar-refractivity contribution in [2.45, 2.75) is 73.1 Å². The number of hydrogen-bond acceptors (Lipinski definition) is 3. The SMILES string of the molecule is CCc1cccc(CC)c1-c1cc(C)c(CN2C[C@@H](C)O[C@H](C)C2)c(C)n1. The Morgan fingerprint density at radius 2 is 1.63 bits per heavy atom. The molecule has 0 unspecified atom stereocenters. The molecule has 1 aromatic carbocycles. The molecule has 3 heteroatoms. The van der Waals surface area contributed by atoms with Crippen molar-refractivity contribution in [3.05, 3.63) is 52.2 Å². The van der Waals surface area contributed by atoms with Gasteiger partial charge >= 0.3 is 0 Å². The molecule has 1 aliphatic heterocycles. The van der Waals surface area contributed by atoms with Crippen molar-refractivity contribution in [1.29, 1.82) is 0 Å². The van der Waals surface area contributed by atoms with E-state index in [4.69, 9.17) is 9.72 Å². The zero-order valence-electron chi connectivity index (χ0n) is 17.8. The van der Waals surface area contributed by atoms with Crippen LogP contribution in [0.1, 0.15) is 55.6 Å². The zero-order valence-corrected chi connectivity index (χ0v) is 17.8. The van der Waals surface area contributed by atoms with Gasteiger partial charge in [0.2, 0.25) is 0 Å². The predicted octanol–water partition coefficient (Wildman–Crippen LogP) is 5.10. The van der Waals surface area contributed by atoms with Gasteiger partial charge in [0, 0.05) is 30.9 Å². The highest BCUT2D eigenvalue weighted by molar-refractivity contribution is 5.69. The lowest BCUT2D eigenvalue weighted by atomic mass is 9.93. The minimum absolute atomic E-state index is 0.296. The Balaban J connectivity index is 1.94. The number of benzene rings is 1. The van der Waals surface area contributed by atoms with Gasteiger partial charge in [0.25, 0.3) is 0 Å².